The van der Waals surface area contributed by atoms with Crippen LogP contribution in [0.4, 0.5) is 0 Å². The second kappa shape index (κ2) is 7.05. The molecule has 0 saturated carbocycles. The van der Waals surface area contributed by atoms with Crippen LogP contribution in [0.2, 0.25) is 5.02 Å². The summed E-state index contributed by atoms with van der Waals surface area (Å²) in [4.78, 5) is 29.0. The van der Waals surface area contributed by atoms with Crippen LogP contribution in [0.15, 0.2) is 46.3 Å². The van der Waals surface area contributed by atoms with Gasteiger partial charge in [-0.2, -0.15) is 9.97 Å². The van der Waals surface area contributed by atoms with Gasteiger partial charge in [0, 0.05) is 6.21 Å². The number of aliphatic imine (C=N–C) groups is 1. The molecule has 27 heavy (non-hydrogen) atoms. The van der Waals surface area contributed by atoms with Crippen LogP contribution in [-0.4, -0.2) is 42.6 Å². The van der Waals surface area contributed by atoms with Crippen molar-refractivity contribution in [1.82, 2.24) is 19.7 Å². The van der Waals surface area contributed by atoms with Crippen LogP contribution in [-0.2, 0) is 20.4 Å². The Morgan fingerprint density at radius 3 is 2.59 bits per heavy atom. The molecule has 0 bridgehead atoms. The van der Waals surface area contributed by atoms with E-state index in [9.17, 15) is 13.2 Å². The van der Waals surface area contributed by atoms with Crippen molar-refractivity contribution < 1.29 is 17.9 Å². The summed E-state index contributed by atoms with van der Waals surface area (Å²) in [5.41, 5.74) is -1.77. The number of carbonyl (C=O) groups is 1. The number of sulfonamides is 1. The van der Waals surface area contributed by atoms with Gasteiger partial charge >= 0.3 is 6.01 Å². The molecule has 1 aliphatic heterocycles. The number of rotatable bonds is 5. The lowest BCUT2D eigenvalue weighted by Gasteiger charge is -2.22. The largest absolute Gasteiger partial charge is 0.467 e. The zero-order valence-corrected chi connectivity index (χ0v) is 15.8. The number of aromatic nitrogens is 3. The first-order valence-electron chi connectivity index (χ1n) is 7.60. The highest BCUT2D eigenvalue weighted by atomic mass is 35.5. The smallest absolute Gasteiger partial charge is 0.319 e. The van der Waals surface area contributed by atoms with Gasteiger partial charge in [-0.15, -0.1) is 0 Å². The van der Waals surface area contributed by atoms with Gasteiger partial charge < -0.3 is 4.74 Å². The van der Waals surface area contributed by atoms with Crippen molar-refractivity contribution in [1.29, 1.82) is 0 Å². The molecule has 0 aliphatic carbocycles. The summed E-state index contributed by atoms with van der Waals surface area (Å²) in [6, 6.07) is 5.75. The number of aryl methyl sites for hydroxylation is 1. The summed E-state index contributed by atoms with van der Waals surface area (Å²) in [7, 11) is -2.88. The minimum Gasteiger partial charge on any atom is -0.467 e. The quantitative estimate of drug-likeness (QED) is 0.789. The van der Waals surface area contributed by atoms with Gasteiger partial charge in [-0.3, -0.25) is 9.79 Å². The van der Waals surface area contributed by atoms with Crippen molar-refractivity contribution in [2.75, 3.05) is 7.11 Å². The van der Waals surface area contributed by atoms with Crippen LogP contribution in [0.25, 0.3) is 0 Å². The summed E-state index contributed by atoms with van der Waals surface area (Å²) in [5.74, 6) is -0.739. The van der Waals surface area contributed by atoms with Gasteiger partial charge in [0.2, 0.25) is 5.54 Å². The van der Waals surface area contributed by atoms with Gasteiger partial charge in [-0.05, 0) is 31.2 Å². The molecule has 9 nitrogen and oxygen atoms in total. The predicted octanol–water partition coefficient (Wildman–Crippen LogP) is 1.18. The maximum Gasteiger partial charge on any atom is 0.319 e. The molecule has 3 rings (SSSR count). The van der Waals surface area contributed by atoms with Gasteiger partial charge in [0.25, 0.3) is 15.9 Å². The number of hydrogen-bond donors (Lipinski definition) is 1. The first-order chi connectivity index (χ1) is 12.8. The van der Waals surface area contributed by atoms with E-state index in [2.05, 4.69) is 19.9 Å². The first-order valence-corrected chi connectivity index (χ1v) is 9.46. The Morgan fingerprint density at radius 2 is 1.96 bits per heavy atom. The third-order valence-electron chi connectivity index (χ3n) is 3.65. The van der Waals surface area contributed by atoms with Crippen molar-refractivity contribution in [3.8, 4) is 6.01 Å². The number of ether oxygens (including phenoxy) is 1. The Hall–Kier alpha value is -2.85. The van der Waals surface area contributed by atoms with E-state index in [4.69, 9.17) is 16.3 Å². The Bertz CT molecular complexity index is 1060. The Morgan fingerprint density at radius 1 is 1.22 bits per heavy atom. The van der Waals surface area contributed by atoms with Crippen molar-refractivity contribution in [3.05, 3.63) is 53.1 Å². The molecule has 0 spiro atoms. The Balaban J connectivity index is 2.03. The number of amides is 1. The number of hydrogen-bond acceptors (Lipinski definition) is 8. The van der Waals surface area contributed by atoms with Crippen LogP contribution in [0.5, 0.6) is 6.01 Å². The Labute approximate surface area is 160 Å². The molecule has 0 saturated heterocycles. The van der Waals surface area contributed by atoms with Crippen molar-refractivity contribution >= 4 is 33.7 Å². The summed E-state index contributed by atoms with van der Waals surface area (Å²) < 4.78 is 32.2. The van der Waals surface area contributed by atoms with Gasteiger partial charge in [0.15, 0.2) is 5.82 Å². The van der Waals surface area contributed by atoms with E-state index >= 15 is 0 Å². The summed E-state index contributed by atoms with van der Waals surface area (Å²) >= 11 is 5.94. The maximum absolute atomic E-state index is 12.9. The normalized spacial score (nSPS) is 18.5. The highest BCUT2D eigenvalue weighted by Gasteiger charge is 2.44. The highest BCUT2D eigenvalue weighted by molar-refractivity contribution is 7.90. The van der Waals surface area contributed by atoms with Crippen molar-refractivity contribution in [3.63, 3.8) is 0 Å². The fraction of sp³-hybridized carbons (Fsp3) is 0.188. The molecule has 1 aliphatic rings. The molecule has 0 fully saturated rings. The molecule has 0 radical (unpaired) electrons. The van der Waals surface area contributed by atoms with E-state index in [1.807, 2.05) is 4.72 Å². The van der Waals surface area contributed by atoms with Crippen LogP contribution in [0, 0.1) is 6.92 Å². The van der Waals surface area contributed by atoms with Gasteiger partial charge in [0.1, 0.15) is 10.7 Å². The van der Waals surface area contributed by atoms with Gasteiger partial charge in [-0.1, -0.05) is 23.7 Å². The lowest BCUT2D eigenvalue weighted by molar-refractivity contribution is -0.123. The highest BCUT2D eigenvalue weighted by Crippen LogP contribution is 2.30. The number of allylic oxidation sites excluding steroid dienone is 1. The van der Waals surface area contributed by atoms with Crippen LogP contribution < -0.4 is 9.46 Å². The molecule has 1 unspecified atom stereocenters. The number of methoxy groups -OCH3 is 1. The van der Waals surface area contributed by atoms with E-state index < -0.39 is 21.5 Å². The average Bonchev–Trinajstić information content (AvgIpc) is 3.12. The molecule has 1 atom stereocenters. The zero-order valence-electron chi connectivity index (χ0n) is 14.2. The lowest BCUT2D eigenvalue weighted by atomic mass is 9.99. The van der Waals surface area contributed by atoms with E-state index in [0.717, 1.165) is 0 Å². The van der Waals surface area contributed by atoms with Gasteiger partial charge in [0.05, 0.1) is 12.1 Å². The average molecular weight is 408 g/mol. The summed E-state index contributed by atoms with van der Waals surface area (Å²) in [6.45, 7) is 1.59. The maximum atomic E-state index is 12.9. The van der Waals surface area contributed by atoms with Crippen LogP contribution in [0.1, 0.15) is 11.6 Å². The third-order valence-corrected chi connectivity index (χ3v) is 5.48. The second-order valence-corrected chi connectivity index (χ2v) is 7.52. The van der Waals surface area contributed by atoms with Crippen LogP contribution in [0.3, 0.4) is 0 Å². The molecule has 1 N–H and O–H groups in total. The summed E-state index contributed by atoms with van der Waals surface area (Å²) in [6.07, 6.45) is 4.24. The SMILES string of the molecule is COc1nc(C)nc(C2(C(=O)NS(=O)(=O)c3ccccc3Cl)C=CC=N2)n1. The zero-order chi connectivity index (χ0) is 19.7. The third kappa shape index (κ3) is 3.53. The Kier molecular flexibility index (Phi) is 4.94. The van der Waals surface area contributed by atoms with E-state index in [0.29, 0.717) is 0 Å². The molecule has 2 heterocycles. The monoisotopic (exact) mass is 407 g/mol. The van der Waals surface area contributed by atoms with E-state index in [1.54, 1.807) is 13.0 Å². The molecular weight excluding hydrogens is 394 g/mol. The molecule has 1 aromatic carbocycles. The molecule has 1 aromatic heterocycles. The molecule has 11 heteroatoms. The minimum absolute atomic E-state index is 0.0185. The topological polar surface area (TPSA) is 124 Å². The number of halogens is 1. The molecular formula is C16H14ClN5O4S. The molecule has 1 amide bonds. The van der Waals surface area contributed by atoms with Crippen molar-refractivity contribution in [2.24, 2.45) is 4.99 Å². The number of benzene rings is 1. The molecule has 2 aromatic rings. The van der Waals surface area contributed by atoms with Gasteiger partial charge in [-0.25, -0.2) is 18.1 Å². The van der Waals surface area contributed by atoms with Crippen LogP contribution >= 0.6 is 11.6 Å². The lowest BCUT2D eigenvalue weighted by Crippen LogP contribution is -2.45. The number of nitrogens with one attached hydrogen (secondary N) is 1. The standard InChI is InChI=1S/C16H14ClN5O4S/c1-10-19-13(21-15(20-10)26-2)16(8-5-9-18-16)14(23)22-27(24,25)12-7-4-3-6-11(12)17/h3-9H,1-2H3,(H,22,23). The van der Waals surface area contributed by atoms with E-state index in [-0.39, 0.29) is 27.6 Å². The second-order valence-electron chi connectivity index (χ2n) is 5.46. The summed E-state index contributed by atoms with van der Waals surface area (Å²) in [5, 5.41) is -0.0185. The fourth-order valence-electron chi connectivity index (χ4n) is 2.39. The fourth-order valence-corrected chi connectivity index (χ4v) is 3.92. The van der Waals surface area contributed by atoms with Crippen molar-refractivity contribution in [2.45, 2.75) is 17.4 Å². The van der Waals surface area contributed by atoms with E-state index in [1.165, 1.54) is 43.7 Å². The number of carbonyl (C=O) groups excluding carboxylic acids is 1. The number of nitrogens with zero attached hydrogens (tertiary/aromatic N) is 4. The predicted molar refractivity (Wildman–Crippen MR) is 97.2 cm³/mol. The minimum atomic E-state index is -4.24. The first kappa shape index (κ1) is 18.9. The molecule has 140 valence electrons.